The lowest BCUT2D eigenvalue weighted by Gasteiger charge is -2.37. The zero-order valence-corrected chi connectivity index (χ0v) is 12.6. The smallest absolute Gasteiger partial charge is 0.237 e. The SMILES string of the molecule is C[C@H]1OCCN(Cc2cnn(-c3ccccc3)c2)[C@@H]1C(N)=O. The molecule has 1 aromatic heterocycles. The van der Waals surface area contributed by atoms with E-state index in [1.807, 2.05) is 54.3 Å². The van der Waals surface area contributed by atoms with Crippen molar-refractivity contribution in [1.29, 1.82) is 0 Å². The third-order valence-corrected chi connectivity index (χ3v) is 3.93. The molecule has 0 aliphatic carbocycles. The van der Waals surface area contributed by atoms with Gasteiger partial charge in [0.1, 0.15) is 6.04 Å². The Morgan fingerprint density at radius 3 is 2.91 bits per heavy atom. The van der Waals surface area contributed by atoms with Gasteiger partial charge in [0.15, 0.2) is 0 Å². The summed E-state index contributed by atoms with van der Waals surface area (Å²) in [5.41, 5.74) is 7.57. The van der Waals surface area contributed by atoms with E-state index in [-0.39, 0.29) is 12.0 Å². The van der Waals surface area contributed by atoms with Gasteiger partial charge in [0.25, 0.3) is 0 Å². The van der Waals surface area contributed by atoms with Crippen molar-refractivity contribution in [2.24, 2.45) is 5.73 Å². The Morgan fingerprint density at radius 1 is 1.41 bits per heavy atom. The van der Waals surface area contributed by atoms with Crippen LogP contribution in [0.4, 0.5) is 0 Å². The first-order chi connectivity index (χ1) is 10.6. The molecule has 3 rings (SSSR count). The van der Waals surface area contributed by atoms with Crippen LogP contribution in [0.25, 0.3) is 5.69 Å². The fourth-order valence-corrected chi connectivity index (χ4v) is 2.87. The van der Waals surface area contributed by atoms with Gasteiger partial charge in [0.05, 0.1) is 24.6 Å². The van der Waals surface area contributed by atoms with Crippen LogP contribution in [0, 0.1) is 0 Å². The van der Waals surface area contributed by atoms with E-state index < -0.39 is 6.04 Å². The average Bonchev–Trinajstić information content (AvgIpc) is 2.96. The van der Waals surface area contributed by atoms with Gasteiger partial charge < -0.3 is 10.5 Å². The van der Waals surface area contributed by atoms with Gasteiger partial charge in [0, 0.05) is 24.8 Å². The number of rotatable bonds is 4. The van der Waals surface area contributed by atoms with E-state index >= 15 is 0 Å². The summed E-state index contributed by atoms with van der Waals surface area (Å²) in [6.07, 6.45) is 3.62. The van der Waals surface area contributed by atoms with Gasteiger partial charge in [-0.3, -0.25) is 9.69 Å². The molecule has 1 aromatic carbocycles. The first kappa shape index (κ1) is 14.7. The molecule has 1 amide bonds. The van der Waals surface area contributed by atoms with Gasteiger partial charge in [-0.15, -0.1) is 0 Å². The van der Waals surface area contributed by atoms with E-state index in [2.05, 4.69) is 10.00 Å². The Morgan fingerprint density at radius 2 is 2.18 bits per heavy atom. The predicted octanol–water partition coefficient (Wildman–Crippen LogP) is 0.947. The van der Waals surface area contributed by atoms with Crippen molar-refractivity contribution in [2.45, 2.75) is 25.6 Å². The van der Waals surface area contributed by atoms with Gasteiger partial charge in [-0.2, -0.15) is 5.10 Å². The molecule has 0 saturated carbocycles. The maximum absolute atomic E-state index is 11.7. The number of carbonyl (C=O) groups excluding carboxylic acids is 1. The number of aromatic nitrogens is 2. The van der Waals surface area contributed by atoms with Crippen LogP contribution in [0.2, 0.25) is 0 Å². The molecule has 0 spiro atoms. The quantitative estimate of drug-likeness (QED) is 0.912. The fraction of sp³-hybridized carbons (Fsp3) is 0.375. The molecule has 6 heteroatoms. The molecule has 2 atom stereocenters. The second kappa shape index (κ2) is 6.29. The lowest BCUT2D eigenvalue weighted by atomic mass is 10.1. The monoisotopic (exact) mass is 300 g/mol. The molecule has 0 unspecified atom stereocenters. The summed E-state index contributed by atoms with van der Waals surface area (Å²) in [6.45, 7) is 3.81. The van der Waals surface area contributed by atoms with Crippen LogP contribution in [0.1, 0.15) is 12.5 Å². The molecule has 6 nitrogen and oxygen atoms in total. The normalized spacial score (nSPS) is 22.6. The number of carbonyl (C=O) groups is 1. The first-order valence-electron chi connectivity index (χ1n) is 7.39. The van der Waals surface area contributed by atoms with Gasteiger partial charge in [0.2, 0.25) is 5.91 Å². The van der Waals surface area contributed by atoms with E-state index in [9.17, 15) is 4.79 Å². The maximum atomic E-state index is 11.7. The highest BCUT2D eigenvalue weighted by molar-refractivity contribution is 5.80. The number of para-hydroxylation sites is 1. The lowest BCUT2D eigenvalue weighted by Crippen LogP contribution is -2.56. The van der Waals surface area contributed by atoms with Crippen LogP contribution in [0.3, 0.4) is 0 Å². The van der Waals surface area contributed by atoms with E-state index in [1.54, 1.807) is 0 Å². The van der Waals surface area contributed by atoms with Crippen molar-refractivity contribution in [1.82, 2.24) is 14.7 Å². The Bertz CT molecular complexity index is 641. The standard InChI is InChI=1S/C16H20N4O2/c1-12-15(16(17)21)19(7-8-22-12)10-13-9-18-20(11-13)14-5-3-2-4-6-14/h2-6,9,11-12,15H,7-8,10H2,1H3,(H2,17,21)/t12-,15+/m1/s1. The zero-order valence-electron chi connectivity index (χ0n) is 12.6. The van der Waals surface area contributed by atoms with Crippen molar-refractivity contribution < 1.29 is 9.53 Å². The van der Waals surface area contributed by atoms with Crippen LogP contribution in [0.5, 0.6) is 0 Å². The third kappa shape index (κ3) is 3.03. The molecular weight excluding hydrogens is 280 g/mol. The maximum Gasteiger partial charge on any atom is 0.237 e. The number of nitrogens with zero attached hydrogens (tertiary/aromatic N) is 3. The highest BCUT2D eigenvalue weighted by Gasteiger charge is 2.33. The van der Waals surface area contributed by atoms with E-state index in [4.69, 9.17) is 10.5 Å². The molecule has 2 aromatic rings. The molecule has 2 heterocycles. The molecule has 1 aliphatic rings. The molecule has 116 valence electrons. The molecule has 1 aliphatic heterocycles. The van der Waals surface area contributed by atoms with E-state index in [1.165, 1.54) is 0 Å². The Kier molecular flexibility index (Phi) is 4.22. The Labute approximate surface area is 129 Å². The summed E-state index contributed by atoms with van der Waals surface area (Å²) in [4.78, 5) is 13.7. The molecule has 0 radical (unpaired) electrons. The van der Waals surface area contributed by atoms with Gasteiger partial charge in [-0.05, 0) is 19.1 Å². The van der Waals surface area contributed by atoms with Crippen molar-refractivity contribution in [2.75, 3.05) is 13.2 Å². The minimum Gasteiger partial charge on any atom is -0.375 e. The molecule has 2 N–H and O–H groups in total. The van der Waals surface area contributed by atoms with Crippen molar-refractivity contribution in [3.63, 3.8) is 0 Å². The minimum absolute atomic E-state index is 0.185. The summed E-state index contributed by atoms with van der Waals surface area (Å²) < 4.78 is 7.36. The molecular formula is C16H20N4O2. The van der Waals surface area contributed by atoms with Crippen molar-refractivity contribution in [3.8, 4) is 5.69 Å². The molecule has 0 bridgehead atoms. The number of hydrogen-bond donors (Lipinski definition) is 1. The van der Waals surface area contributed by atoms with Crippen molar-refractivity contribution >= 4 is 5.91 Å². The summed E-state index contributed by atoms with van der Waals surface area (Å²) in [6, 6.07) is 9.53. The van der Waals surface area contributed by atoms with Crippen LogP contribution in [0.15, 0.2) is 42.7 Å². The van der Waals surface area contributed by atoms with E-state index in [0.29, 0.717) is 19.7 Å². The summed E-state index contributed by atoms with van der Waals surface area (Å²) in [5.74, 6) is -0.345. The number of amides is 1. The highest BCUT2D eigenvalue weighted by atomic mass is 16.5. The van der Waals surface area contributed by atoms with E-state index in [0.717, 1.165) is 11.3 Å². The number of nitrogens with two attached hydrogens (primary N) is 1. The number of ether oxygens (including phenoxy) is 1. The second-order valence-corrected chi connectivity index (χ2v) is 5.52. The average molecular weight is 300 g/mol. The summed E-state index contributed by atoms with van der Waals surface area (Å²) in [5, 5.41) is 4.38. The summed E-state index contributed by atoms with van der Waals surface area (Å²) in [7, 11) is 0. The zero-order chi connectivity index (χ0) is 15.5. The third-order valence-electron chi connectivity index (χ3n) is 3.93. The number of hydrogen-bond acceptors (Lipinski definition) is 4. The molecule has 1 saturated heterocycles. The second-order valence-electron chi connectivity index (χ2n) is 5.52. The molecule has 22 heavy (non-hydrogen) atoms. The number of benzene rings is 1. The fourth-order valence-electron chi connectivity index (χ4n) is 2.87. The number of primary amides is 1. The summed E-state index contributed by atoms with van der Waals surface area (Å²) >= 11 is 0. The van der Waals surface area contributed by atoms with Crippen LogP contribution in [-0.4, -0.2) is 45.9 Å². The Balaban J connectivity index is 1.75. The number of morpholine rings is 1. The molecule has 1 fully saturated rings. The first-order valence-corrected chi connectivity index (χ1v) is 7.39. The van der Waals surface area contributed by atoms with Gasteiger partial charge in [-0.25, -0.2) is 4.68 Å². The van der Waals surface area contributed by atoms with Crippen LogP contribution < -0.4 is 5.73 Å². The minimum atomic E-state index is -0.395. The Hall–Kier alpha value is -2.18. The van der Waals surface area contributed by atoms with Crippen LogP contribution in [-0.2, 0) is 16.1 Å². The highest BCUT2D eigenvalue weighted by Crippen LogP contribution is 2.17. The van der Waals surface area contributed by atoms with Crippen molar-refractivity contribution in [3.05, 3.63) is 48.3 Å². The topological polar surface area (TPSA) is 73.4 Å². The van der Waals surface area contributed by atoms with Gasteiger partial charge >= 0.3 is 0 Å². The predicted molar refractivity (Wildman–Crippen MR) is 82.4 cm³/mol. The van der Waals surface area contributed by atoms with Crippen LogP contribution >= 0.6 is 0 Å². The largest absolute Gasteiger partial charge is 0.375 e. The van der Waals surface area contributed by atoms with Gasteiger partial charge in [-0.1, -0.05) is 18.2 Å². The lowest BCUT2D eigenvalue weighted by molar-refractivity contribution is -0.136.